The van der Waals surface area contributed by atoms with Gasteiger partial charge in [0.25, 0.3) is 0 Å². The van der Waals surface area contributed by atoms with Gasteiger partial charge in [0.05, 0.1) is 5.69 Å². The van der Waals surface area contributed by atoms with Gasteiger partial charge in [-0.15, -0.1) is 0 Å². The molecular formula is C11H14F3N3O. The van der Waals surface area contributed by atoms with Crippen LogP contribution in [0.1, 0.15) is 30.3 Å². The van der Waals surface area contributed by atoms with Crippen LogP contribution in [0.2, 0.25) is 0 Å². The molecule has 2 rings (SSSR count). The van der Waals surface area contributed by atoms with Gasteiger partial charge in [-0.1, -0.05) is 6.92 Å². The molecule has 4 nitrogen and oxygen atoms in total. The van der Waals surface area contributed by atoms with Crippen molar-refractivity contribution in [2.24, 2.45) is 0 Å². The molecule has 2 heterocycles. The topological polar surface area (TPSA) is 49.0 Å². The summed E-state index contributed by atoms with van der Waals surface area (Å²) in [5.74, 6) is -0.864. The molecule has 0 aromatic carbocycles. The zero-order chi connectivity index (χ0) is 13.3. The summed E-state index contributed by atoms with van der Waals surface area (Å²) < 4.78 is 36.5. The minimum Gasteiger partial charge on any atom is -0.338 e. The highest BCUT2D eigenvalue weighted by atomic mass is 19.4. The summed E-state index contributed by atoms with van der Waals surface area (Å²) in [6.07, 6.45) is -4.60. The molecule has 0 unspecified atom stereocenters. The number of nitrogens with zero attached hydrogens (tertiary/aromatic N) is 2. The second-order valence-electron chi connectivity index (χ2n) is 4.34. The van der Waals surface area contributed by atoms with E-state index in [4.69, 9.17) is 0 Å². The standard InChI is InChI=1S/C11H14F3N3O/c1-2-8-7-6-17(4-3-9(7)16-15-8)10(18)5-11(12,13)14/h2-6H2,1H3,(H,15,16). The molecule has 0 fully saturated rings. The Kier molecular flexibility index (Phi) is 3.32. The van der Waals surface area contributed by atoms with Crippen LogP contribution in [-0.4, -0.2) is 33.7 Å². The van der Waals surface area contributed by atoms with Gasteiger partial charge < -0.3 is 4.90 Å². The molecule has 1 aromatic heterocycles. The molecule has 0 radical (unpaired) electrons. The van der Waals surface area contributed by atoms with Gasteiger partial charge in [0.15, 0.2) is 0 Å². The second kappa shape index (κ2) is 4.62. The number of aromatic amines is 1. The molecule has 0 atom stereocenters. The van der Waals surface area contributed by atoms with Crippen LogP contribution in [0.5, 0.6) is 0 Å². The van der Waals surface area contributed by atoms with Crippen LogP contribution in [-0.2, 0) is 24.2 Å². The Morgan fingerprint density at radius 3 is 2.83 bits per heavy atom. The van der Waals surface area contributed by atoms with E-state index in [1.165, 1.54) is 4.90 Å². The summed E-state index contributed by atoms with van der Waals surface area (Å²) in [5.41, 5.74) is 2.64. The fourth-order valence-corrected chi connectivity index (χ4v) is 2.14. The molecule has 100 valence electrons. The molecule has 7 heteroatoms. The molecular weight excluding hydrogens is 247 g/mol. The average Bonchev–Trinajstić information content (AvgIpc) is 2.68. The lowest BCUT2D eigenvalue weighted by molar-refractivity contribution is -0.162. The van der Waals surface area contributed by atoms with Gasteiger partial charge in [0.2, 0.25) is 5.91 Å². The molecule has 0 bridgehead atoms. The molecule has 0 spiro atoms. The van der Waals surface area contributed by atoms with Gasteiger partial charge in [-0.2, -0.15) is 18.3 Å². The maximum Gasteiger partial charge on any atom is 0.397 e. The Morgan fingerprint density at radius 1 is 1.50 bits per heavy atom. The van der Waals surface area contributed by atoms with E-state index in [1.807, 2.05) is 6.92 Å². The third-order valence-electron chi connectivity index (χ3n) is 3.06. The molecule has 1 aliphatic rings. The number of halogens is 3. The zero-order valence-corrected chi connectivity index (χ0v) is 9.97. The summed E-state index contributed by atoms with van der Waals surface area (Å²) >= 11 is 0. The first-order chi connectivity index (χ1) is 8.40. The third-order valence-corrected chi connectivity index (χ3v) is 3.06. The third kappa shape index (κ3) is 2.65. The Morgan fingerprint density at radius 2 is 2.22 bits per heavy atom. The number of hydrogen-bond donors (Lipinski definition) is 1. The van der Waals surface area contributed by atoms with E-state index in [0.29, 0.717) is 19.4 Å². The van der Waals surface area contributed by atoms with Crippen molar-refractivity contribution in [2.75, 3.05) is 6.54 Å². The minimum atomic E-state index is -4.44. The predicted octanol–water partition coefficient (Wildman–Crippen LogP) is 1.81. The van der Waals surface area contributed by atoms with Crippen LogP contribution in [0.3, 0.4) is 0 Å². The number of aromatic nitrogens is 2. The maximum atomic E-state index is 12.2. The number of amides is 1. The predicted molar refractivity (Wildman–Crippen MR) is 57.8 cm³/mol. The molecule has 0 saturated heterocycles. The van der Waals surface area contributed by atoms with E-state index >= 15 is 0 Å². The number of fused-ring (bicyclic) bond motifs is 1. The number of H-pyrrole nitrogens is 1. The van der Waals surface area contributed by atoms with Crippen LogP contribution in [0.4, 0.5) is 13.2 Å². The van der Waals surface area contributed by atoms with E-state index in [-0.39, 0.29) is 6.54 Å². The van der Waals surface area contributed by atoms with Gasteiger partial charge in [0, 0.05) is 30.8 Å². The highest BCUT2D eigenvalue weighted by molar-refractivity contribution is 5.77. The van der Waals surface area contributed by atoms with Crippen molar-refractivity contribution in [2.45, 2.75) is 38.9 Å². The maximum absolute atomic E-state index is 12.2. The molecule has 1 N–H and O–H groups in total. The van der Waals surface area contributed by atoms with Crippen LogP contribution < -0.4 is 0 Å². The number of aryl methyl sites for hydroxylation is 1. The second-order valence-corrected chi connectivity index (χ2v) is 4.34. The lowest BCUT2D eigenvalue weighted by Gasteiger charge is -2.27. The first kappa shape index (κ1) is 12.9. The van der Waals surface area contributed by atoms with Crippen molar-refractivity contribution in [3.8, 4) is 0 Å². The number of carbonyl (C=O) groups is 1. The van der Waals surface area contributed by atoms with Crippen LogP contribution in [0, 0.1) is 0 Å². The normalized spacial score (nSPS) is 15.7. The average molecular weight is 261 g/mol. The fraction of sp³-hybridized carbons (Fsp3) is 0.636. The smallest absolute Gasteiger partial charge is 0.338 e. The Hall–Kier alpha value is -1.53. The van der Waals surface area contributed by atoms with Gasteiger partial charge in [-0.3, -0.25) is 9.89 Å². The van der Waals surface area contributed by atoms with Gasteiger partial charge in [-0.25, -0.2) is 0 Å². The SMILES string of the molecule is CCc1n[nH]c2c1CN(C(=O)CC(F)(F)F)CC2. The fourth-order valence-electron chi connectivity index (χ4n) is 2.14. The summed E-state index contributed by atoms with van der Waals surface area (Å²) in [7, 11) is 0. The molecule has 0 aliphatic carbocycles. The zero-order valence-electron chi connectivity index (χ0n) is 9.97. The van der Waals surface area contributed by atoms with Crippen molar-refractivity contribution in [3.63, 3.8) is 0 Å². The number of hydrogen-bond acceptors (Lipinski definition) is 2. The number of alkyl halides is 3. The van der Waals surface area contributed by atoms with Crippen LogP contribution >= 0.6 is 0 Å². The van der Waals surface area contributed by atoms with E-state index in [2.05, 4.69) is 10.2 Å². The van der Waals surface area contributed by atoms with Crippen molar-refractivity contribution in [1.29, 1.82) is 0 Å². The highest BCUT2D eigenvalue weighted by Gasteiger charge is 2.35. The molecule has 18 heavy (non-hydrogen) atoms. The van der Waals surface area contributed by atoms with E-state index in [1.54, 1.807) is 0 Å². The van der Waals surface area contributed by atoms with Crippen molar-refractivity contribution in [3.05, 3.63) is 17.0 Å². The summed E-state index contributed by atoms with van der Waals surface area (Å²) in [6, 6.07) is 0. The Labute approximate surface area is 102 Å². The number of nitrogens with one attached hydrogen (secondary N) is 1. The summed E-state index contributed by atoms with van der Waals surface area (Å²) in [5, 5.41) is 6.97. The van der Waals surface area contributed by atoms with Gasteiger partial charge in [-0.05, 0) is 6.42 Å². The number of rotatable bonds is 2. The van der Waals surface area contributed by atoms with Crippen LogP contribution in [0.15, 0.2) is 0 Å². The molecule has 0 saturated carbocycles. The summed E-state index contributed by atoms with van der Waals surface area (Å²) in [6.45, 7) is 2.46. The van der Waals surface area contributed by atoms with E-state index < -0.39 is 18.5 Å². The van der Waals surface area contributed by atoms with Gasteiger partial charge >= 0.3 is 6.18 Å². The Balaban J connectivity index is 2.09. The van der Waals surface area contributed by atoms with E-state index in [9.17, 15) is 18.0 Å². The van der Waals surface area contributed by atoms with Crippen molar-refractivity contribution >= 4 is 5.91 Å². The minimum absolute atomic E-state index is 0.226. The van der Waals surface area contributed by atoms with E-state index in [0.717, 1.165) is 17.0 Å². The number of carbonyl (C=O) groups excluding carboxylic acids is 1. The summed E-state index contributed by atoms with van der Waals surface area (Å²) in [4.78, 5) is 12.8. The van der Waals surface area contributed by atoms with Crippen molar-refractivity contribution in [1.82, 2.24) is 15.1 Å². The monoisotopic (exact) mass is 261 g/mol. The quantitative estimate of drug-likeness (QED) is 0.882. The largest absolute Gasteiger partial charge is 0.397 e. The van der Waals surface area contributed by atoms with Crippen molar-refractivity contribution < 1.29 is 18.0 Å². The first-order valence-corrected chi connectivity index (χ1v) is 5.80. The lowest BCUT2D eigenvalue weighted by atomic mass is 10.0. The Bertz CT molecular complexity index is 439. The lowest BCUT2D eigenvalue weighted by Crippen LogP contribution is -2.38. The van der Waals surface area contributed by atoms with Crippen LogP contribution in [0.25, 0.3) is 0 Å². The molecule has 1 amide bonds. The van der Waals surface area contributed by atoms with Gasteiger partial charge in [0.1, 0.15) is 6.42 Å². The molecule has 1 aliphatic heterocycles. The molecule has 1 aromatic rings. The highest BCUT2D eigenvalue weighted by Crippen LogP contribution is 2.25. The first-order valence-electron chi connectivity index (χ1n) is 5.80.